The van der Waals surface area contributed by atoms with Gasteiger partial charge in [-0.05, 0) is 6.07 Å². The van der Waals surface area contributed by atoms with Gasteiger partial charge in [-0.3, -0.25) is 9.78 Å². The number of fused-ring (bicyclic) bond motifs is 1. The van der Waals surface area contributed by atoms with Gasteiger partial charge in [-0.2, -0.15) is 0 Å². The van der Waals surface area contributed by atoms with E-state index < -0.39 is 0 Å². The van der Waals surface area contributed by atoms with Gasteiger partial charge in [0.1, 0.15) is 10.7 Å². The van der Waals surface area contributed by atoms with Crippen molar-refractivity contribution in [2.45, 2.75) is 0 Å². The van der Waals surface area contributed by atoms with E-state index in [0.29, 0.717) is 22.4 Å². The predicted octanol–water partition coefficient (Wildman–Crippen LogP) is 1.34. The van der Waals surface area contributed by atoms with Crippen LogP contribution < -0.4 is 11.1 Å². The molecule has 2 rings (SSSR count). The van der Waals surface area contributed by atoms with Crippen molar-refractivity contribution < 1.29 is 4.79 Å². The van der Waals surface area contributed by atoms with Crippen LogP contribution in [0.3, 0.4) is 0 Å². The van der Waals surface area contributed by atoms with Gasteiger partial charge in [0.25, 0.3) is 0 Å². The van der Waals surface area contributed by atoms with Crippen LogP contribution in [0.1, 0.15) is 0 Å². The SMILES string of the molecule is Nc1cc(Cl)nc2cc(N[C]=O)cnc12. The number of nitrogens with two attached hydrogens (primary N) is 1. The van der Waals surface area contributed by atoms with Crippen LogP contribution in [-0.4, -0.2) is 16.4 Å². The Bertz CT molecular complexity index is 529. The Hall–Kier alpha value is -1.88. The van der Waals surface area contributed by atoms with Crippen LogP contribution in [0.15, 0.2) is 18.3 Å². The van der Waals surface area contributed by atoms with E-state index in [1.54, 1.807) is 12.5 Å². The summed E-state index contributed by atoms with van der Waals surface area (Å²) in [6.45, 7) is 0. The highest BCUT2D eigenvalue weighted by molar-refractivity contribution is 6.30. The number of carbonyl (C=O) groups excluding carboxylic acids is 1. The summed E-state index contributed by atoms with van der Waals surface area (Å²) >= 11 is 5.74. The number of pyridine rings is 2. The van der Waals surface area contributed by atoms with Crippen molar-refractivity contribution in [2.75, 3.05) is 11.1 Å². The Morgan fingerprint density at radius 2 is 2.27 bits per heavy atom. The number of aromatic nitrogens is 2. The highest BCUT2D eigenvalue weighted by Gasteiger charge is 2.04. The first-order valence-corrected chi connectivity index (χ1v) is 4.43. The fourth-order valence-electron chi connectivity index (χ4n) is 1.23. The summed E-state index contributed by atoms with van der Waals surface area (Å²) in [5.74, 6) is 0. The van der Waals surface area contributed by atoms with Crippen LogP contribution in [0.2, 0.25) is 5.15 Å². The van der Waals surface area contributed by atoms with Crippen molar-refractivity contribution in [3.05, 3.63) is 23.5 Å². The van der Waals surface area contributed by atoms with Crippen LogP contribution in [-0.2, 0) is 4.79 Å². The lowest BCUT2D eigenvalue weighted by Crippen LogP contribution is -1.97. The van der Waals surface area contributed by atoms with Crippen molar-refractivity contribution >= 4 is 40.4 Å². The Morgan fingerprint density at radius 3 is 3.00 bits per heavy atom. The van der Waals surface area contributed by atoms with Crippen LogP contribution in [0.25, 0.3) is 11.0 Å². The van der Waals surface area contributed by atoms with Crippen molar-refractivity contribution in [1.29, 1.82) is 0 Å². The van der Waals surface area contributed by atoms with E-state index in [1.807, 2.05) is 0 Å². The quantitative estimate of drug-likeness (QED) is 0.592. The van der Waals surface area contributed by atoms with Gasteiger partial charge in [0.05, 0.1) is 23.1 Å². The number of nitrogen functional groups attached to an aromatic ring is 1. The molecule has 0 aliphatic rings. The molecule has 3 N–H and O–H groups in total. The van der Waals surface area contributed by atoms with Gasteiger partial charge in [-0.15, -0.1) is 0 Å². The molecule has 75 valence electrons. The van der Waals surface area contributed by atoms with Gasteiger partial charge < -0.3 is 11.1 Å². The topological polar surface area (TPSA) is 80.9 Å². The molecule has 0 saturated heterocycles. The Labute approximate surface area is 90.3 Å². The molecule has 0 aliphatic carbocycles. The minimum Gasteiger partial charge on any atom is -0.397 e. The molecule has 5 nitrogen and oxygen atoms in total. The molecule has 6 heteroatoms. The van der Waals surface area contributed by atoms with Gasteiger partial charge in [0.15, 0.2) is 0 Å². The Morgan fingerprint density at radius 1 is 1.47 bits per heavy atom. The van der Waals surface area contributed by atoms with Gasteiger partial charge in [-0.25, -0.2) is 4.98 Å². The van der Waals surface area contributed by atoms with Crippen molar-refractivity contribution in [3.8, 4) is 0 Å². The highest BCUT2D eigenvalue weighted by Crippen LogP contribution is 2.22. The lowest BCUT2D eigenvalue weighted by Gasteiger charge is -2.03. The molecule has 0 unspecified atom stereocenters. The van der Waals surface area contributed by atoms with Crippen LogP contribution in [0.4, 0.5) is 11.4 Å². The van der Waals surface area contributed by atoms with Crippen molar-refractivity contribution in [3.63, 3.8) is 0 Å². The molecule has 2 heterocycles. The fraction of sp³-hybridized carbons (Fsp3) is 0. The first-order chi connectivity index (χ1) is 7.20. The smallest absolute Gasteiger partial charge is 0.314 e. The standard InChI is InChI=1S/C9H6ClN4O/c10-8-2-6(11)9-7(14-8)1-5(3-12-9)13-4-15/h1-3H,(H2,11,14)(H,13,15). The van der Waals surface area contributed by atoms with Gasteiger partial charge >= 0.3 is 6.41 Å². The van der Waals surface area contributed by atoms with Crippen molar-refractivity contribution in [1.82, 2.24) is 9.97 Å². The molecule has 0 fully saturated rings. The average Bonchev–Trinajstić information content (AvgIpc) is 2.17. The van der Waals surface area contributed by atoms with E-state index in [1.165, 1.54) is 12.3 Å². The summed E-state index contributed by atoms with van der Waals surface area (Å²) in [5.41, 5.74) is 7.72. The maximum absolute atomic E-state index is 10.1. The minimum absolute atomic E-state index is 0.286. The van der Waals surface area contributed by atoms with E-state index in [-0.39, 0.29) is 5.15 Å². The third-order valence-corrected chi connectivity index (χ3v) is 2.03. The first kappa shape index (κ1) is 9.67. The van der Waals surface area contributed by atoms with Crippen LogP contribution in [0, 0.1) is 0 Å². The van der Waals surface area contributed by atoms with Gasteiger partial charge in [0.2, 0.25) is 0 Å². The number of nitrogens with one attached hydrogen (secondary N) is 1. The zero-order chi connectivity index (χ0) is 10.8. The second-order valence-corrected chi connectivity index (χ2v) is 3.24. The van der Waals surface area contributed by atoms with Crippen molar-refractivity contribution in [2.24, 2.45) is 0 Å². The molecule has 0 aliphatic heterocycles. The lowest BCUT2D eigenvalue weighted by molar-refractivity contribution is 0.561. The van der Waals surface area contributed by atoms with E-state index >= 15 is 0 Å². The number of hydrogen-bond donors (Lipinski definition) is 2. The number of anilines is 2. The molecule has 0 aromatic carbocycles. The normalized spacial score (nSPS) is 10.2. The molecule has 0 atom stereocenters. The third-order valence-electron chi connectivity index (χ3n) is 1.84. The minimum atomic E-state index is 0.286. The predicted molar refractivity (Wildman–Crippen MR) is 58.3 cm³/mol. The molecule has 15 heavy (non-hydrogen) atoms. The maximum Gasteiger partial charge on any atom is 0.314 e. The molecule has 1 radical (unpaired) electrons. The molecule has 0 bridgehead atoms. The van der Waals surface area contributed by atoms with Gasteiger partial charge in [0, 0.05) is 6.07 Å². The summed E-state index contributed by atoms with van der Waals surface area (Å²) < 4.78 is 0. The summed E-state index contributed by atoms with van der Waals surface area (Å²) in [5, 5.41) is 2.63. The summed E-state index contributed by atoms with van der Waals surface area (Å²) in [6.07, 6.45) is 3.02. The number of amides is 1. The van der Waals surface area contributed by atoms with E-state index in [4.69, 9.17) is 17.3 Å². The number of rotatable bonds is 2. The monoisotopic (exact) mass is 221 g/mol. The molecule has 1 amide bonds. The Kier molecular flexibility index (Phi) is 2.39. The first-order valence-electron chi connectivity index (χ1n) is 4.05. The zero-order valence-corrected chi connectivity index (χ0v) is 8.25. The molecule has 2 aromatic heterocycles. The second-order valence-electron chi connectivity index (χ2n) is 2.85. The lowest BCUT2D eigenvalue weighted by atomic mass is 10.3. The average molecular weight is 222 g/mol. The van der Waals surface area contributed by atoms with Gasteiger partial charge in [-0.1, -0.05) is 11.6 Å². The van der Waals surface area contributed by atoms with Crippen LogP contribution >= 0.6 is 11.6 Å². The van der Waals surface area contributed by atoms with E-state index in [2.05, 4.69) is 15.3 Å². The second kappa shape index (κ2) is 3.70. The summed E-state index contributed by atoms with van der Waals surface area (Å²) in [4.78, 5) is 18.2. The summed E-state index contributed by atoms with van der Waals surface area (Å²) in [7, 11) is 0. The molecule has 0 spiro atoms. The largest absolute Gasteiger partial charge is 0.397 e. The van der Waals surface area contributed by atoms with E-state index in [0.717, 1.165) is 0 Å². The van der Waals surface area contributed by atoms with E-state index in [9.17, 15) is 4.79 Å². The molecule has 2 aromatic rings. The zero-order valence-electron chi connectivity index (χ0n) is 7.49. The number of hydrogen-bond acceptors (Lipinski definition) is 4. The van der Waals surface area contributed by atoms with Crippen LogP contribution in [0.5, 0.6) is 0 Å². The highest BCUT2D eigenvalue weighted by atomic mass is 35.5. The molecular weight excluding hydrogens is 216 g/mol. The Balaban J connectivity index is 2.65. The maximum atomic E-state index is 10.1. The number of halogens is 1. The molecule has 0 saturated carbocycles. The molecular formula is C9H6ClN4O. The fourth-order valence-corrected chi connectivity index (χ4v) is 1.44. The summed E-state index contributed by atoms with van der Waals surface area (Å²) in [6, 6.07) is 3.14. The number of nitrogens with zero attached hydrogens (tertiary/aromatic N) is 2. The third kappa shape index (κ3) is 1.82.